The van der Waals surface area contributed by atoms with Gasteiger partial charge in [-0.1, -0.05) is 30.3 Å². The maximum atomic E-state index is 6.00. The Kier molecular flexibility index (Phi) is 4.03. The number of hydrogen-bond donors (Lipinski definition) is 0. The average molecular weight is 351 g/mol. The highest BCUT2D eigenvalue weighted by atomic mass is 79.9. The van der Waals surface area contributed by atoms with Crippen molar-refractivity contribution >= 4 is 38.7 Å². The molecule has 0 atom stereocenters. The van der Waals surface area contributed by atoms with Crippen molar-refractivity contribution in [1.29, 1.82) is 0 Å². The maximum Gasteiger partial charge on any atom is 0.160 e. The zero-order valence-corrected chi connectivity index (χ0v) is 13.1. The minimum atomic E-state index is 0.392. The van der Waals surface area contributed by atoms with E-state index in [2.05, 4.69) is 54.7 Å². The first-order valence-corrected chi connectivity index (χ1v) is 7.71. The lowest BCUT2D eigenvalue weighted by Crippen LogP contribution is -2.05. The van der Waals surface area contributed by atoms with E-state index in [1.54, 1.807) is 6.20 Å². The van der Waals surface area contributed by atoms with Crippen molar-refractivity contribution in [1.82, 2.24) is 14.5 Å². The number of aryl methyl sites for hydroxylation is 2. The van der Waals surface area contributed by atoms with E-state index in [-0.39, 0.29) is 0 Å². The lowest BCUT2D eigenvalue weighted by molar-refractivity contribution is 0.682. The summed E-state index contributed by atoms with van der Waals surface area (Å²) in [4.78, 5) is 9.00. The second kappa shape index (κ2) is 5.94. The number of pyridine rings is 1. The number of fused-ring (bicyclic) bond motifs is 1. The molecule has 0 saturated carbocycles. The van der Waals surface area contributed by atoms with Crippen molar-refractivity contribution in [2.24, 2.45) is 0 Å². The lowest BCUT2D eigenvalue weighted by atomic mass is 10.1. The number of imidazole rings is 1. The number of hydrogen-bond acceptors (Lipinski definition) is 2. The highest BCUT2D eigenvalue weighted by Gasteiger charge is 2.11. The second-order valence-electron chi connectivity index (χ2n) is 4.55. The monoisotopic (exact) mass is 349 g/mol. The van der Waals surface area contributed by atoms with Gasteiger partial charge in [0.15, 0.2) is 5.65 Å². The lowest BCUT2D eigenvalue weighted by Gasteiger charge is -2.07. The van der Waals surface area contributed by atoms with E-state index in [9.17, 15) is 0 Å². The summed E-state index contributed by atoms with van der Waals surface area (Å²) in [5.41, 5.74) is 3.06. The third-order valence-corrected chi connectivity index (χ3v) is 3.89. The number of aromatic nitrogens is 3. The molecule has 3 rings (SSSR count). The fourth-order valence-corrected chi connectivity index (χ4v) is 2.78. The Morgan fingerprint density at radius 1 is 1.20 bits per heavy atom. The molecule has 1 aromatic carbocycles. The fraction of sp³-hybridized carbons (Fsp3) is 0.200. The largest absolute Gasteiger partial charge is 0.311 e. The molecule has 102 valence electrons. The van der Waals surface area contributed by atoms with Crippen LogP contribution < -0.4 is 0 Å². The van der Waals surface area contributed by atoms with Gasteiger partial charge in [0.2, 0.25) is 0 Å². The van der Waals surface area contributed by atoms with Gasteiger partial charge in [0.25, 0.3) is 0 Å². The molecule has 0 spiro atoms. The van der Waals surface area contributed by atoms with Crippen LogP contribution in [0.2, 0.25) is 0 Å². The summed E-state index contributed by atoms with van der Waals surface area (Å²) in [5.74, 6) is 1.26. The summed E-state index contributed by atoms with van der Waals surface area (Å²) < 4.78 is 3.03. The van der Waals surface area contributed by atoms with Crippen molar-refractivity contribution in [2.45, 2.75) is 18.8 Å². The summed E-state index contributed by atoms with van der Waals surface area (Å²) >= 11 is 9.42. The van der Waals surface area contributed by atoms with Crippen LogP contribution in [-0.4, -0.2) is 14.5 Å². The van der Waals surface area contributed by atoms with E-state index >= 15 is 0 Å². The molecule has 0 saturated heterocycles. The van der Waals surface area contributed by atoms with Crippen molar-refractivity contribution in [3.8, 4) is 0 Å². The minimum absolute atomic E-state index is 0.392. The molecule has 3 aromatic rings. The normalized spacial score (nSPS) is 11.1. The Morgan fingerprint density at radius 3 is 2.75 bits per heavy atom. The zero-order chi connectivity index (χ0) is 13.9. The minimum Gasteiger partial charge on any atom is -0.311 e. The van der Waals surface area contributed by atoms with Crippen molar-refractivity contribution in [2.75, 3.05) is 0 Å². The smallest absolute Gasteiger partial charge is 0.160 e. The molecule has 0 fully saturated rings. The first-order valence-electron chi connectivity index (χ1n) is 6.38. The van der Waals surface area contributed by atoms with Gasteiger partial charge in [0, 0.05) is 17.2 Å². The zero-order valence-electron chi connectivity index (χ0n) is 10.8. The Labute approximate surface area is 130 Å². The number of rotatable bonds is 4. The van der Waals surface area contributed by atoms with Gasteiger partial charge in [-0.25, -0.2) is 9.97 Å². The van der Waals surface area contributed by atoms with E-state index in [1.165, 1.54) is 5.56 Å². The van der Waals surface area contributed by atoms with Gasteiger partial charge in [-0.3, -0.25) is 0 Å². The third kappa shape index (κ3) is 2.72. The molecular weight excluding hydrogens is 338 g/mol. The molecule has 2 heterocycles. The quantitative estimate of drug-likeness (QED) is 0.661. The van der Waals surface area contributed by atoms with Crippen LogP contribution in [0.4, 0.5) is 0 Å². The predicted molar refractivity (Wildman–Crippen MR) is 84.9 cm³/mol. The molecular formula is C15H13BrClN3. The van der Waals surface area contributed by atoms with E-state index in [0.717, 1.165) is 34.4 Å². The molecule has 0 amide bonds. The summed E-state index contributed by atoms with van der Waals surface area (Å²) in [6.45, 7) is 0.831. The highest BCUT2D eigenvalue weighted by Crippen LogP contribution is 2.20. The molecule has 2 aromatic heterocycles. The molecule has 0 aliphatic rings. The van der Waals surface area contributed by atoms with Crippen molar-refractivity contribution in [3.63, 3.8) is 0 Å². The van der Waals surface area contributed by atoms with Crippen LogP contribution >= 0.6 is 27.5 Å². The van der Waals surface area contributed by atoms with Gasteiger partial charge in [-0.15, -0.1) is 11.6 Å². The van der Waals surface area contributed by atoms with Crippen LogP contribution in [0.1, 0.15) is 11.4 Å². The molecule has 0 aliphatic heterocycles. The molecule has 0 N–H and O–H groups in total. The number of benzene rings is 1. The maximum absolute atomic E-state index is 6.00. The standard InChI is InChI=1S/C15H13BrClN3/c16-12-8-13-15(18-10-12)20(14(9-17)19-13)7-6-11-4-2-1-3-5-11/h1-5,8,10H,6-7,9H2. The molecule has 0 aliphatic carbocycles. The summed E-state index contributed by atoms with van der Waals surface area (Å²) in [7, 11) is 0. The van der Waals surface area contributed by atoms with E-state index < -0.39 is 0 Å². The first-order chi connectivity index (χ1) is 9.78. The molecule has 20 heavy (non-hydrogen) atoms. The van der Waals surface area contributed by atoms with Crippen molar-refractivity contribution < 1.29 is 0 Å². The summed E-state index contributed by atoms with van der Waals surface area (Å²) in [6, 6.07) is 12.4. The van der Waals surface area contributed by atoms with Gasteiger partial charge in [0.1, 0.15) is 11.3 Å². The van der Waals surface area contributed by atoms with E-state index in [1.807, 2.05) is 12.1 Å². The third-order valence-electron chi connectivity index (χ3n) is 3.22. The van der Waals surface area contributed by atoms with Gasteiger partial charge in [0.05, 0.1) is 5.88 Å². The Balaban J connectivity index is 1.93. The Morgan fingerprint density at radius 2 is 2.00 bits per heavy atom. The van der Waals surface area contributed by atoms with E-state index in [4.69, 9.17) is 11.6 Å². The second-order valence-corrected chi connectivity index (χ2v) is 5.73. The number of halogens is 2. The topological polar surface area (TPSA) is 30.7 Å². The first kappa shape index (κ1) is 13.6. The van der Waals surface area contributed by atoms with Crippen LogP contribution in [0.5, 0.6) is 0 Å². The Hall–Kier alpha value is -1.39. The van der Waals surface area contributed by atoms with Gasteiger partial charge in [-0.05, 0) is 34.0 Å². The van der Waals surface area contributed by atoms with Crippen LogP contribution in [0, 0.1) is 0 Å². The van der Waals surface area contributed by atoms with E-state index in [0.29, 0.717) is 5.88 Å². The Bertz CT molecular complexity index is 725. The van der Waals surface area contributed by atoms with Crippen LogP contribution in [0.15, 0.2) is 47.1 Å². The van der Waals surface area contributed by atoms with Gasteiger partial charge < -0.3 is 4.57 Å². The summed E-state index contributed by atoms with van der Waals surface area (Å²) in [6.07, 6.45) is 2.73. The molecule has 0 bridgehead atoms. The average Bonchev–Trinajstić information content (AvgIpc) is 2.83. The van der Waals surface area contributed by atoms with Crippen LogP contribution in [0.25, 0.3) is 11.2 Å². The molecule has 0 radical (unpaired) electrons. The van der Waals surface area contributed by atoms with Crippen molar-refractivity contribution in [3.05, 3.63) is 58.5 Å². The molecule has 0 unspecified atom stereocenters. The fourth-order valence-electron chi connectivity index (χ4n) is 2.26. The number of nitrogens with zero attached hydrogens (tertiary/aromatic N) is 3. The van der Waals surface area contributed by atoms with Gasteiger partial charge in [-0.2, -0.15) is 0 Å². The SMILES string of the molecule is ClCc1nc2cc(Br)cnc2n1CCc1ccccc1. The highest BCUT2D eigenvalue weighted by molar-refractivity contribution is 9.10. The molecule has 3 nitrogen and oxygen atoms in total. The van der Waals surface area contributed by atoms with Crippen LogP contribution in [0.3, 0.4) is 0 Å². The van der Waals surface area contributed by atoms with Crippen LogP contribution in [-0.2, 0) is 18.8 Å². The number of alkyl halides is 1. The molecule has 5 heteroatoms. The van der Waals surface area contributed by atoms with Gasteiger partial charge >= 0.3 is 0 Å². The summed E-state index contributed by atoms with van der Waals surface area (Å²) in [5, 5.41) is 0. The predicted octanol–water partition coefficient (Wildman–Crippen LogP) is 4.18.